The highest BCUT2D eigenvalue weighted by molar-refractivity contribution is 5.34. The second-order valence-corrected chi connectivity index (χ2v) is 8.84. The molecule has 4 rings (SSSR count). The highest BCUT2D eigenvalue weighted by Gasteiger charge is 2.22. The number of rotatable bonds is 7. The summed E-state index contributed by atoms with van der Waals surface area (Å²) in [6.07, 6.45) is 3.24. The van der Waals surface area contributed by atoms with E-state index >= 15 is 0 Å². The molecule has 0 bridgehead atoms. The van der Waals surface area contributed by atoms with Gasteiger partial charge in [-0.1, -0.05) is 91.9 Å². The molecule has 1 fully saturated rings. The summed E-state index contributed by atoms with van der Waals surface area (Å²) in [6.45, 7) is 5.78. The van der Waals surface area contributed by atoms with Crippen molar-refractivity contribution in [2.24, 2.45) is 5.92 Å². The lowest BCUT2D eigenvalue weighted by atomic mass is 9.90. The van der Waals surface area contributed by atoms with Gasteiger partial charge in [-0.15, -0.1) is 0 Å². The minimum atomic E-state index is -0.566. The van der Waals surface area contributed by atoms with Gasteiger partial charge >= 0.3 is 0 Å². The lowest BCUT2D eigenvalue weighted by molar-refractivity contribution is 0.167. The van der Waals surface area contributed by atoms with E-state index in [2.05, 4.69) is 60.4 Å². The molecule has 1 aliphatic heterocycles. The van der Waals surface area contributed by atoms with Crippen molar-refractivity contribution >= 4 is 0 Å². The van der Waals surface area contributed by atoms with E-state index < -0.39 is 6.10 Å². The number of nitrogens with zero attached hydrogens (tertiary/aromatic N) is 1. The maximum Gasteiger partial charge on any atom is 0.104 e. The number of aliphatic hydroxyl groups is 1. The molecule has 1 N–H and O–H groups in total. The molecule has 1 saturated heterocycles. The van der Waals surface area contributed by atoms with Gasteiger partial charge in [0.15, 0.2) is 0 Å². The fourth-order valence-electron chi connectivity index (χ4n) is 4.79. The molecule has 30 heavy (non-hydrogen) atoms. The molecule has 3 unspecified atom stereocenters. The van der Waals surface area contributed by atoms with Gasteiger partial charge in [0.2, 0.25) is 0 Å². The number of hydrogen-bond acceptors (Lipinski definition) is 2. The molecular formula is C28H33NO. The lowest BCUT2D eigenvalue weighted by Crippen LogP contribution is -2.38. The van der Waals surface area contributed by atoms with Gasteiger partial charge in [0.05, 0.1) is 0 Å². The normalized spacial score (nSPS) is 19.3. The summed E-state index contributed by atoms with van der Waals surface area (Å²) in [5.74, 6) is 1.20. The maximum atomic E-state index is 10.8. The first-order chi connectivity index (χ1) is 14.7. The molecule has 1 aliphatic rings. The van der Waals surface area contributed by atoms with Crippen LogP contribution < -0.4 is 0 Å². The standard InChI is InChI=1S/C28H33NO/c1-22(20-29-17-9-12-24(21-29)18-23-10-4-2-5-11-23)26-15-8-16-27(19-26)28(30)25-13-6-3-7-14-25/h2-8,10-11,13-16,19,22,24,28,30H,9,12,17-18,20-21H2,1H3. The van der Waals surface area contributed by atoms with Crippen molar-refractivity contribution in [3.05, 3.63) is 107 Å². The Balaban J connectivity index is 1.38. The maximum absolute atomic E-state index is 10.8. The van der Waals surface area contributed by atoms with Gasteiger partial charge in [-0.3, -0.25) is 0 Å². The Morgan fingerprint density at radius 1 is 0.867 bits per heavy atom. The van der Waals surface area contributed by atoms with Crippen LogP contribution in [0.2, 0.25) is 0 Å². The summed E-state index contributed by atoms with van der Waals surface area (Å²) < 4.78 is 0. The monoisotopic (exact) mass is 399 g/mol. The summed E-state index contributed by atoms with van der Waals surface area (Å²) in [5.41, 5.74) is 4.70. The molecule has 1 heterocycles. The van der Waals surface area contributed by atoms with E-state index in [1.807, 2.05) is 36.4 Å². The average Bonchev–Trinajstić information content (AvgIpc) is 2.80. The third-order valence-electron chi connectivity index (χ3n) is 6.41. The number of likely N-dealkylation sites (tertiary alicyclic amines) is 1. The second kappa shape index (κ2) is 10.1. The average molecular weight is 400 g/mol. The number of aliphatic hydroxyl groups excluding tert-OH is 1. The smallest absolute Gasteiger partial charge is 0.104 e. The third-order valence-corrected chi connectivity index (χ3v) is 6.41. The molecule has 0 radical (unpaired) electrons. The number of benzene rings is 3. The molecule has 2 heteroatoms. The molecule has 0 aromatic heterocycles. The van der Waals surface area contributed by atoms with Gasteiger partial charge in [0.1, 0.15) is 6.10 Å². The van der Waals surface area contributed by atoms with E-state index in [9.17, 15) is 5.11 Å². The Morgan fingerprint density at radius 2 is 1.53 bits per heavy atom. The van der Waals surface area contributed by atoms with Crippen molar-refractivity contribution in [2.75, 3.05) is 19.6 Å². The van der Waals surface area contributed by atoms with Crippen molar-refractivity contribution in [2.45, 2.75) is 38.2 Å². The van der Waals surface area contributed by atoms with Crippen molar-refractivity contribution in [3.8, 4) is 0 Å². The Kier molecular flexibility index (Phi) is 6.99. The SMILES string of the molecule is CC(CN1CCCC(Cc2ccccc2)C1)c1cccc(C(O)c2ccccc2)c1. The zero-order chi connectivity index (χ0) is 20.8. The van der Waals surface area contributed by atoms with Crippen molar-refractivity contribution in [1.29, 1.82) is 0 Å². The lowest BCUT2D eigenvalue weighted by Gasteiger charge is -2.34. The van der Waals surface area contributed by atoms with Crippen molar-refractivity contribution in [1.82, 2.24) is 4.90 Å². The Hall–Kier alpha value is -2.42. The first-order valence-electron chi connectivity index (χ1n) is 11.3. The molecule has 0 aliphatic carbocycles. The van der Waals surface area contributed by atoms with E-state index in [0.29, 0.717) is 5.92 Å². The van der Waals surface area contributed by atoms with Gasteiger partial charge in [-0.05, 0) is 59.9 Å². The van der Waals surface area contributed by atoms with Crippen LogP contribution in [0, 0.1) is 5.92 Å². The zero-order valence-corrected chi connectivity index (χ0v) is 18.0. The van der Waals surface area contributed by atoms with Crippen LogP contribution in [0.5, 0.6) is 0 Å². The predicted octanol–water partition coefficient (Wildman–Crippen LogP) is 5.83. The van der Waals surface area contributed by atoms with Gasteiger partial charge in [-0.2, -0.15) is 0 Å². The summed E-state index contributed by atoms with van der Waals surface area (Å²) in [7, 11) is 0. The van der Waals surface area contributed by atoms with Crippen LogP contribution in [0.4, 0.5) is 0 Å². The molecule has 3 aromatic carbocycles. The largest absolute Gasteiger partial charge is 0.384 e. The quantitative estimate of drug-likeness (QED) is 0.540. The molecule has 0 spiro atoms. The second-order valence-electron chi connectivity index (χ2n) is 8.84. The van der Waals surface area contributed by atoms with Crippen molar-refractivity contribution < 1.29 is 5.11 Å². The van der Waals surface area contributed by atoms with Crippen LogP contribution in [-0.4, -0.2) is 29.6 Å². The zero-order valence-electron chi connectivity index (χ0n) is 18.0. The summed E-state index contributed by atoms with van der Waals surface area (Å²) in [4.78, 5) is 2.64. The van der Waals surface area contributed by atoms with E-state index in [0.717, 1.165) is 23.6 Å². The van der Waals surface area contributed by atoms with Crippen LogP contribution in [0.25, 0.3) is 0 Å². The first-order valence-corrected chi connectivity index (χ1v) is 11.3. The summed E-state index contributed by atoms with van der Waals surface area (Å²) >= 11 is 0. The van der Waals surface area contributed by atoms with Gasteiger partial charge in [-0.25, -0.2) is 0 Å². The van der Waals surface area contributed by atoms with Crippen LogP contribution in [0.3, 0.4) is 0 Å². The topological polar surface area (TPSA) is 23.5 Å². The van der Waals surface area contributed by atoms with Crippen LogP contribution >= 0.6 is 0 Å². The fourth-order valence-corrected chi connectivity index (χ4v) is 4.79. The molecule has 2 nitrogen and oxygen atoms in total. The minimum absolute atomic E-state index is 0.448. The van der Waals surface area contributed by atoms with E-state index in [1.54, 1.807) is 0 Å². The Bertz CT molecular complexity index is 908. The highest BCUT2D eigenvalue weighted by atomic mass is 16.3. The summed E-state index contributed by atoms with van der Waals surface area (Å²) in [5, 5.41) is 10.8. The van der Waals surface area contributed by atoms with E-state index in [-0.39, 0.29) is 0 Å². The van der Waals surface area contributed by atoms with Gasteiger partial charge in [0.25, 0.3) is 0 Å². The van der Waals surface area contributed by atoms with Crippen molar-refractivity contribution in [3.63, 3.8) is 0 Å². The van der Waals surface area contributed by atoms with Gasteiger partial charge < -0.3 is 10.0 Å². The van der Waals surface area contributed by atoms with Crippen LogP contribution in [0.15, 0.2) is 84.9 Å². The molecule has 0 saturated carbocycles. The first kappa shape index (κ1) is 20.8. The van der Waals surface area contributed by atoms with Crippen LogP contribution in [0.1, 0.15) is 54.0 Å². The molecule has 156 valence electrons. The van der Waals surface area contributed by atoms with Crippen LogP contribution in [-0.2, 0) is 6.42 Å². The minimum Gasteiger partial charge on any atom is -0.384 e. The van der Waals surface area contributed by atoms with E-state index in [4.69, 9.17) is 0 Å². The van der Waals surface area contributed by atoms with E-state index in [1.165, 1.54) is 43.5 Å². The predicted molar refractivity (Wildman–Crippen MR) is 125 cm³/mol. The number of piperidine rings is 1. The van der Waals surface area contributed by atoms with Gasteiger partial charge in [0, 0.05) is 13.1 Å². The number of hydrogen-bond donors (Lipinski definition) is 1. The third kappa shape index (κ3) is 5.38. The Morgan fingerprint density at radius 3 is 2.30 bits per heavy atom. The fraction of sp³-hybridized carbons (Fsp3) is 0.357. The molecule has 3 aromatic rings. The highest BCUT2D eigenvalue weighted by Crippen LogP contribution is 2.27. The molecule has 3 atom stereocenters. The molecular weight excluding hydrogens is 366 g/mol. The summed E-state index contributed by atoms with van der Waals surface area (Å²) in [6, 6.07) is 29.3. The molecule has 0 amide bonds. The Labute approximate surface area is 181 Å².